The van der Waals surface area contributed by atoms with Crippen molar-refractivity contribution in [3.63, 3.8) is 0 Å². The van der Waals surface area contributed by atoms with Gasteiger partial charge in [0.25, 0.3) is 0 Å². The van der Waals surface area contributed by atoms with Gasteiger partial charge in [-0.25, -0.2) is 0 Å². The third kappa shape index (κ3) is 5.04. The molecule has 2 aromatic rings. The van der Waals surface area contributed by atoms with Gasteiger partial charge in [-0.2, -0.15) is 0 Å². The van der Waals surface area contributed by atoms with Gasteiger partial charge in [0.1, 0.15) is 11.5 Å². The summed E-state index contributed by atoms with van der Waals surface area (Å²) in [5.74, 6) is 1.72. The van der Waals surface area contributed by atoms with E-state index in [9.17, 15) is 0 Å². The summed E-state index contributed by atoms with van der Waals surface area (Å²) in [5.41, 5.74) is 2.32. The average Bonchev–Trinajstić information content (AvgIpc) is 2.45. The van der Waals surface area contributed by atoms with Crippen LogP contribution in [0.4, 0.5) is 5.69 Å². The molecule has 0 aromatic heterocycles. The molecule has 102 valence electrons. The van der Waals surface area contributed by atoms with Gasteiger partial charge in [0, 0.05) is 18.3 Å². The molecule has 0 aliphatic carbocycles. The summed E-state index contributed by atoms with van der Waals surface area (Å²) in [6, 6.07) is 16.0. The molecule has 0 unspecified atom stereocenters. The van der Waals surface area contributed by atoms with Crippen molar-refractivity contribution in [2.24, 2.45) is 0 Å². The number of aryl methyl sites for hydroxylation is 1. The zero-order chi connectivity index (χ0) is 14.1. The molecule has 0 radical (unpaired) electrons. The van der Waals surface area contributed by atoms with Gasteiger partial charge in [-0.1, -0.05) is 37.6 Å². The molecule has 19 heavy (non-hydrogen) atoms. The lowest BCUT2D eigenvalue weighted by Gasteiger charge is -2.08. The minimum atomic E-state index is 0.854. The van der Waals surface area contributed by atoms with Gasteiger partial charge in [0.05, 0.1) is 0 Å². The number of rotatable bonds is 4. The van der Waals surface area contributed by atoms with E-state index < -0.39 is 0 Å². The molecule has 0 heterocycles. The van der Waals surface area contributed by atoms with Crippen molar-refractivity contribution in [1.29, 1.82) is 0 Å². The predicted octanol–water partition coefficient (Wildman–Crippen LogP) is 5.25. The van der Waals surface area contributed by atoms with Crippen molar-refractivity contribution in [3.8, 4) is 11.5 Å². The van der Waals surface area contributed by atoms with Crippen molar-refractivity contribution in [2.75, 3.05) is 11.9 Å². The largest absolute Gasteiger partial charge is 0.457 e. The van der Waals surface area contributed by atoms with Crippen LogP contribution >= 0.6 is 0 Å². The standard InChI is InChI=1S/C15H17NO.C2H6/c1-3-16-13-5-4-6-15(11-13)17-14-9-7-12(2)8-10-14;1-2/h4-11,16H,3H2,1-2H3;1-2H3. The van der Waals surface area contributed by atoms with Crippen molar-refractivity contribution in [3.05, 3.63) is 54.1 Å². The first kappa shape index (κ1) is 15.1. The Morgan fingerprint density at radius 2 is 1.63 bits per heavy atom. The van der Waals surface area contributed by atoms with E-state index in [0.29, 0.717) is 0 Å². The van der Waals surface area contributed by atoms with E-state index in [-0.39, 0.29) is 0 Å². The van der Waals surface area contributed by atoms with Crippen LogP contribution in [0.25, 0.3) is 0 Å². The second-order valence-corrected chi connectivity index (χ2v) is 3.97. The van der Waals surface area contributed by atoms with Crippen LogP contribution in [0.1, 0.15) is 26.3 Å². The monoisotopic (exact) mass is 257 g/mol. The first-order valence-electron chi connectivity index (χ1n) is 6.86. The summed E-state index contributed by atoms with van der Waals surface area (Å²) in [6.45, 7) is 9.05. The maximum absolute atomic E-state index is 5.78. The summed E-state index contributed by atoms with van der Waals surface area (Å²) in [4.78, 5) is 0. The van der Waals surface area contributed by atoms with Gasteiger partial charge in [0.2, 0.25) is 0 Å². The quantitative estimate of drug-likeness (QED) is 0.808. The molecule has 0 aliphatic heterocycles. The van der Waals surface area contributed by atoms with Gasteiger partial charge in [-0.05, 0) is 38.1 Å². The first-order chi connectivity index (χ1) is 9.28. The Kier molecular flexibility index (Phi) is 6.51. The van der Waals surface area contributed by atoms with Gasteiger partial charge < -0.3 is 10.1 Å². The van der Waals surface area contributed by atoms with Gasteiger partial charge in [-0.15, -0.1) is 0 Å². The highest BCUT2D eigenvalue weighted by molar-refractivity contribution is 5.49. The van der Waals surface area contributed by atoms with E-state index in [1.54, 1.807) is 0 Å². The molecule has 0 bridgehead atoms. The Morgan fingerprint density at radius 1 is 0.947 bits per heavy atom. The van der Waals surface area contributed by atoms with E-state index in [1.165, 1.54) is 5.56 Å². The lowest BCUT2D eigenvalue weighted by atomic mass is 10.2. The first-order valence-corrected chi connectivity index (χ1v) is 6.86. The highest BCUT2D eigenvalue weighted by atomic mass is 16.5. The minimum absolute atomic E-state index is 0.854. The summed E-state index contributed by atoms with van der Waals surface area (Å²) < 4.78 is 5.78. The maximum atomic E-state index is 5.78. The van der Waals surface area contributed by atoms with Crippen molar-refractivity contribution in [1.82, 2.24) is 0 Å². The number of nitrogens with one attached hydrogen (secondary N) is 1. The smallest absolute Gasteiger partial charge is 0.129 e. The summed E-state index contributed by atoms with van der Waals surface area (Å²) in [7, 11) is 0. The third-order valence-electron chi connectivity index (χ3n) is 2.47. The molecule has 2 rings (SSSR count). The second kappa shape index (κ2) is 8.20. The molecule has 2 nitrogen and oxygen atoms in total. The Hall–Kier alpha value is -1.96. The fourth-order valence-corrected chi connectivity index (χ4v) is 1.62. The number of ether oxygens (including phenoxy) is 1. The molecular weight excluding hydrogens is 234 g/mol. The normalized spacial score (nSPS) is 9.26. The van der Waals surface area contributed by atoms with E-state index in [1.807, 2.05) is 62.4 Å². The summed E-state index contributed by atoms with van der Waals surface area (Å²) in [5, 5.41) is 3.26. The van der Waals surface area contributed by atoms with E-state index in [0.717, 1.165) is 23.7 Å². The molecule has 0 atom stereocenters. The lowest BCUT2D eigenvalue weighted by Crippen LogP contribution is -1.96. The molecule has 0 saturated carbocycles. The molecule has 1 N–H and O–H groups in total. The third-order valence-corrected chi connectivity index (χ3v) is 2.47. The van der Waals surface area contributed by atoms with Crippen molar-refractivity contribution in [2.45, 2.75) is 27.7 Å². The second-order valence-electron chi connectivity index (χ2n) is 3.97. The van der Waals surface area contributed by atoms with E-state index >= 15 is 0 Å². The van der Waals surface area contributed by atoms with Crippen molar-refractivity contribution >= 4 is 5.69 Å². The number of benzene rings is 2. The molecular formula is C17H23NO. The van der Waals surface area contributed by atoms with Crippen LogP contribution < -0.4 is 10.1 Å². The fourth-order valence-electron chi connectivity index (χ4n) is 1.62. The van der Waals surface area contributed by atoms with Crippen LogP contribution in [0.15, 0.2) is 48.5 Å². The topological polar surface area (TPSA) is 21.3 Å². The van der Waals surface area contributed by atoms with Crippen LogP contribution in [-0.4, -0.2) is 6.54 Å². The average molecular weight is 257 g/mol. The van der Waals surface area contributed by atoms with Crippen LogP contribution in [0.3, 0.4) is 0 Å². The van der Waals surface area contributed by atoms with Crippen LogP contribution in [0.5, 0.6) is 11.5 Å². The van der Waals surface area contributed by atoms with Gasteiger partial charge >= 0.3 is 0 Å². The molecule has 0 saturated heterocycles. The molecule has 0 amide bonds. The highest BCUT2D eigenvalue weighted by Crippen LogP contribution is 2.24. The fraction of sp³-hybridized carbons (Fsp3) is 0.294. The van der Waals surface area contributed by atoms with Gasteiger partial charge in [-0.3, -0.25) is 0 Å². The Balaban J connectivity index is 0.000000861. The molecule has 0 spiro atoms. The Morgan fingerprint density at radius 3 is 2.26 bits per heavy atom. The zero-order valence-electron chi connectivity index (χ0n) is 12.2. The Bertz CT molecular complexity index is 477. The molecule has 0 fully saturated rings. The van der Waals surface area contributed by atoms with Crippen LogP contribution in [0.2, 0.25) is 0 Å². The summed E-state index contributed by atoms with van der Waals surface area (Å²) >= 11 is 0. The van der Waals surface area contributed by atoms with Crippen LogP contribution in [-0.2, 0) is 0 Å². The van der Waals surface area contributed by atoms with E-state index in [2.05, 4.69) is 19.2 Å². The van der Waals surface area contributed by atoms with Crippen LogP contribution in [0, 0.1) is 6.92 Å². The van der Waals surface area contributed by atoms with Gasteiger partial charge in [0.15, 0.2) is 0 Å². The molecule has 2 aromatic carbocycles. The molecule has 0 aliphatic rings. The number of hydrogen-bond acceptors (Lipinski definition) is 2. The zero-order valence-corrected chi connectivity index (χ0v) is 12.2. The minimum Gasteiger partial charge on any atom is -0.457 e. The van der Waals surface area contributed by atoms with E-state index in [4.69, 9.17) is 4.74 Å². The Labute approximate surface area is 116 Å². The molecule has 2 heteroatoms. The highest BCUT2D eigenvalue weighted by Gasteiger charge is 1.98. The SMILES string of the molecule is CC.CCNc1cccc(Oc2ccc(C)cc2)c1. The summed E-state index contributed by atoms with van der Waals surface area (Å²) in [6.07, 6.45) is 0. The number of anilines is 1. The van der Waals surface area contributed by atoms with Crippen molar-refractivity contribution < 1.29 is 4.74 Å². The number of hydrogen-bond donors (Lipinski definition) is 1. The maximum Gasteiger partial charge on any atom is 0.129 e. The predicted molar refractivity (Wildman–Crippen MR) is 83.2 cm³/mol. The lowest BCUT2D eigenvalue weighted by molar-refractivity contribution is 0.483.